The molecule has 0 saturated heterocycles. The molecule has 0 aliphatic rings. The molecule has 10 heteroatoms. The van der Waals surface area contributed by atoms with Gasteiger partial charge in [0.25, 0.3) is 5.91 Å². The van der Waals surface area contributed by atoms with Crippen molar-refractivity contribution >= 4 is 57.0 Å². The minimum Gasteiger partial charge on any atom is -0.481 e. The predicted molar refractivity (Wildman–Crippen MR) is 188 cm³/mol. The van der Waals surface area contributed by atoms with E-state index in [9.17, 15) is 24.3 Å². The molecule has 0 unspecified atom stereocenters. The molecule has 0 aliphatic heterocycles. The van der Waals surface area contributed by atoms with Crippen molar-refractivity contribution in [2.75, 3.05) is 6.54 Å². The number of nitrogens with one attached hydrogen (secondary N) is 1. The number of halogens is 1. The summed E-state index contributed by atoms with van der Waals surface area (Å²) in [6.07, 6.45) is 2.10. The highest BCUT2D eigenvalue weighted by atomic mass is 35.5. The monoisotopic (exact) mass is 666 g/mol. The van der Waals surface area contributed by atoms with E-state index in [1.54, 1.807) is 11.1 Å². The van der Waals surface area contributed by atoms with Gasteiger partial charge in [-0.05, 0) is 53.3 Å². The van der Waals surface area contributed by atoms with Gasteiger partial charge in [-0.1, -0.05) is 97.4 Å². The Morgan fingerprint density at radius 3 is 2.38 bits per heavy atom. The van der Waals surface area contributed by atoms with Gasteiger partial charge in [-0.2, -0.15) is 0 Å². The minimum absolute atomic E-state index is 0.0896. The number of benzene rings is 4. The maximum atomic E-state index is 14.3. The second-order valence-corrected chi connectivity index (χ2v) is 12.4. The number of rotatable bonds is 15. The average Bonchev–Trinajstić information content (AvgIpc) is 3.44. The van der Waals surface area contributed by atoms with Gasteiger partial charge < -0.3 is 25.6 Å². The molecule has 0 aliphatic carbocycles. The SMILES string of the molecule is CCCN(C(=O)[C@H](CCC(=O)O)NC(=O)c1cn(Cc2ccccc2Cl)c2ccccc12)[C@H](CC(N)=O)Cc1ccc2ccccc2c1. The van der Waals surface area contributed by atoms with Crippen LogP contribution in [0.3, 0.4) is 0 Å². The summed E-state index contributed by atoms with van der Waals surface area (Å²) in [7, 11) is 0. The molecule has 4 N–H and O–H groups in total. The Morgan fingerprint density at radius 1 is 0.938 bits per heavy atom. The average molecular weight is 667 g/mol. The molecular weight excluding hydrogens is 628 g/mol. The third-order valence-corrected chi connectivity index (χ3v) is 8.86. The number of hydrogen-bond donors (Lipinski definition) is 3. The molecule has 3 amide bonds. The summed E-state index contributed by atoms with van der Waals surface area (Å²) in [5, 5.41) is 15.8. The Labute approximate surface area is 284 Å². The van der Waals surface area contributed by atoms with Crippen molar-refractivity contribution < 1.29 is 24.3 Å². The first kappa shape index (κ1) is 34.2. The van der Waals surface area contributed by atoms with Crippen molar-refractivity contribution in [3.63, 3.8) is 0 Å². The Bertz CT molecular complexity index is 1950. The maximum absolute atomic E-state index is 14.3. The van der Waals surface area contributed by atoms with Crippen LogP contribution in [0.2, 0.25) is 5.02 Å². The van der Waals surface area contributed by atoms with Crippen LogP contribution in [-0.4, -0.2) is 56.9 Å². The summed E-state index contributed by atoms with van der Waals surface area (Å²) >= 11 is 6.44. The van der Waals surface area contributed by atoms with Crippen LogP contribution in [-0.2, 0) is 27.3 Å². The third-order valence-electron chi connectivity index (χ3n) is 8.49. The lowest BCUT2D eigenvalue weighted by Crippen LogP contribution is -2.53. The first-order valence-corrected chi connectivity index (χ1v) is 16.4. The molecule has 5 rings (SSSR count). The zero-order valence-corrected chi connectivity index (χ0v) is 27.5. The first-order chi connectivity index (χ1) is 23.1. The van der Waals surface area contributed by atoms with Gasteiger partial charge in [0.2, 0.25) is 11.8 Å². The van der Waals surface area contributed by atoms with Gasteiger partial charge in [-0.25, -0.2) is 0 Å². The Kier molecular flexibility index (Phi) is 11.1. The summed E-state index contributed by atoms with van der Waals surface area (Å²) in [6, 6.07) is 27.1. The number of carboxylic acids is 1. The molecule has 2 atom stereocenters. The number of amides is 3. The van der Waals surface area contributed by atoms with Gasteiger partial charge in [-0.3, -0.25) is 19.2 Å². The molecule has 248 valence electrons. The topological polar surface area (TPSA) is 135 Å². The normalized spacial score (nSPS) is 12.5. The second-order valence-electron chi connectivity index (χ2n) is 12.0. The van der Waals surface area contributed by atoms with Crippen molar-refractivity contribution in [2.45, 2.75) is 57.7 Å². The highest BCUT2D eigenvalue weighted by Gasteiger charge is 2.32. The van der Waals surface area contributed by atoms with Crippen LogP contribution in [0.1, 0.15) is 54.1 Å². The van der Waals surface area contributed by atoms with E-state index in [-0.39, 0.29) is 19.3 Å². The number of hydrogen-bond acceptors (Lipinski definition) is 4. The fraction of sp³-hybridized carbons (Fsp3) is 0.263. The third kappa shape index (κ3) is 8.22. The molecular formula is C38H39ClN4O5. The van der Waals surface area contributed by atoms with Crippen LogP contribution in [0.15, 0.2) is 97.2 Å². The van der Waals surface area contributed by atoms with Crippen molar-refractivity contribution in [3.05, 3.63) is 119 Å². The summed E-state index contributed by atoms with van der Waals surface area (Å²) in [5.74, 6) is -2.62. The van der Waals surface area contributed by atoms with Crippen molar-refractivity contribution in [1.82, 2.24) is 14.8 Å². The van der Waals surface area contributed by atoms with E-state index in [0.717, 1.165) is 27.4 Å². The molecule has 0 saturated carbocycles. The van der Waals surface area contributed by atoms with Gasteiger partial charge >= 0.3 is 5.97 Å². The lowest BCUT2D eigenvalue weighted by atomic mass is 9.97. The van der Waals surface area contributed by atoms with Gasteiger partial charge in [0.15, 0.2) is 0 Å². The number of carbonyl (C=O) groups excluding carboxylic acids is 3. The van der Waals surface area contributed by atoms with Crippen LogP contribution in [0, 0.1) is 0 Å². The molecule has 9 nitrogen and oxygen atoms in total. The highest BCUT2D eigenvalue weighted by molar-refractivity contribution is 6.31. The molecule has 0 radical (unpaired) electrons. The van der Waals surface area contributed by atoms with E-state index in [1.807, 2.05) is 102 Å². The molecule has 1 aromatic heterocycles. The number of nitrogens with two attached hydrogens (primary N) is 1. The molecule has 4 aromatic carbocycles. The molecule has 1 heterocycles. The zero-order valence-electron chi connectivity index (χ0n) is 26.8. The highest BCUT2D eigenvalue weighted by Crippen LogP contribution is 2.26. The standard InChI is InChI=1S/C38H39ClN4O5/c1-2-19-43(29(22-35(40)44)21-25-15-16-26-9-3-4-10-27(26)20-25)38(48)33(17-18-36(45)46)41-37(47)31-24-42(34-14-8-6-12-30(31)34)23-28-11-5-7-13-32(28)39/h3-16,20,24,29,33H,2,17-19,21-23H2,1H3,(H2,40,44)(H,41,47)(H,45,46)/t29-,33-/m0/s1. The summed E-state index contributed by atoms with van der Waals surface area (Å²) < 4.78 is 1.93. The van der Waals surface area contributed by atoms with E-state index in [1.165, 1.54) is 0 Å². The van der Waals surface area contributed by atoms with Gasteiger partial charge in [0.05, 0.1) is 5.56 Å². The van der Waals surface area contributed by atoms with Crippen LogP contribution in [0.4, 0.5) is 0 Å². The van der Waals surface area contributed by atoms with Crippen molar-refractivity contribution in [2.24, 2.45) is 5.73 Å². The molecule has 5 aromatic rings. The van der Waals surface area contributed by atoms with Crippen molar-refractivity contribution in [3.8, 4) is 0 Å². The largest absolute Gasteiger partial charge is 0.481 e. The fourth-order valence-electron chi connectivity index (χ4n) is 6.21. The number of carboxylic acid groups (broad SMARTS) is 1. The first-order valence-electron chi connectivity index (χ1n) is 16.0. The van der Waals surface area contributed by atoms with E-state index >= 15 is 0 Å². The summed E-state index contributed by atoms with van der Waals surface area (Å²) in [4.78, 5) is 53.8. The van der Waals surface area contributed by atoms with E-state index in [0.29, 0.717) is 41.9 Å². The lowest BCUT2D eigenvalue weighted by Gasteiger charge is -2.34. The predicted octanol–water partition coefficient (Wildman–Crippen LogP) is 6.18. The second kappa shape index (κ2) is 15.6. The van der Waals surface area contributed by atoms with Crippen molar-refractivity contribution in [1.29, 1.82) is 0 Å². The number of carbonyl (C=O) groups is 4. The minimum atomic E-state index is -1.15. The summed E-state index contributed by atoms with van der Waals surface area (Å²) in [5.41, 5.74) is 8.64. The van der Waals surface area contributed by atoms with Crippen LogP contribution in [0.5, 0.6) is 0 Å². The number of nitrogens with zero attached hydrogens (tertiary/aromatic N) is 2. The van der Waals surface area contributed by atoms with E-state index in [4.69, 9.17) is 17.3 Å². The molecule has 0 fully saturated rings. The van der Waals surface area contributed by atoms with Crippen LogP contribution < -0.4 is 11.1 Å². The number of fused-ring (bicyclic) bond motifs is 2. The quantitative estimate of drug-likeness (QED) is 0.123. The number of aliphatic carboxylic acids is 1. The number of primary amides is 1. The lowest BCUT2D eigenvalue weighted by molar-refractivity contribution is -0.138. The molecule has 0 bridgehead atoms. The van der Waals surface area contributed by atoms with Crippen LogP contribution >= 0.6 is 11.6 Å². The van der Waals surface area contributed by atoms with Gasteiger partial charge in [0, 0.05) is 54.1 Å². The van der Waals surface area contributed by atoms with E-state index < -0.39 is 35.8 Å². The molecule has 48 heavy (non-hydrogen) atoms. The summed E-state index contributed by atoms with van der Waals surface area (Å²) in [6.45, 7) is 2.62. The van der Waals surface area contributed by atoms with Gasteiger partial charge in [-0.15, -0.1) is 0 Å². The van der Waals surface area contributed by atoms with E-state index in [2.05, 4.69) is 5.32 Å². The number of para-hydroxylation sites is 1. The number of aromatic nitrogens is 1. The smallest absolute Gasteiger partial charge is 0.303 e. The fourth-order valence-corrected chi connectivity index (χ4v) is 6.40. The Hall–Kier alpha value is -5.15. The maximum Gasteiger partial charge on any atom is 0.303 e. The van der Waals surface area contributed by atoms with Gasteiger partial charge in [0.1, 0.15) is 6.04 Å². The van der Waals surface area contributed by atoms with Crippen LogP contribution in [0.25, 0.3) is 21.7 Å². The zero-order chi connectivity index (χ0) is 34.2. The Morgan fingerprint density at radius 2 is 1.65 bits per heavy atom. The Balaban J connectivity index is 1.45. The molecule has 0 spiro atoms.